The van der Waals surface area contributed by atoms with E-state index < -0.39 is 43.7 Å². The van der Waals surface area contributed by atoms with Crippen LogP contribution in [-0.4, -0.2) is 33.1 Å². The number of aromatic nitrogens is 2. The predicted molar refractivity (Wildman–Crippen MR) is 72.2 cm³/mol. The van der Waals surface area contributed by atoms with E-state index in [1.165, 1.54) is 6.92 Å². The van der Waals surface area contributed by atoms with E-state index in [2.05, 4.69) is 14.5 Å². The van der Waals surface area contributed by atoms with Gasteiger partial charge in [-0.2, -0.15) is 0 Å². The van der Waals surface area contributed by atoms with E-state index in [1.54, 1.807) is 0 Å². The molecular weight excluding hydrogens is 395 g/mol. The Morgan fingerprint density at radius 2 is 2.19 bits per heavy atom. The van der Waals surface area contributed by atoms with Gasteiger partial charge in [-0.15, -0.1) is 0 Å². The number of azide groups is 1. The zero-order chi connectivity index (χ0) is 18.1. The fraction of sp³-hybridized carbons (Fsp3) is 0.600. The summed E-state index contributed by atoms with van der Waals surface area (Å²) in [6.07, 6.45) is -1.87. The Kier molecular flexibility index (Phi) is 9.99. The van der Waals surface area contributed by atoms with E-state index in [0.29, 0.717) is 0 Å². The fourth-order valence-electron chi connectivity index (χ4n) is 2.20. The molecule has 1 aromatic rings. The Hall–Kier alpha value is 0.0200. The van der Waals surface area contributed by atoms with Crippen LogP contribution in [0.25, 0.3) is 10.4 Å². The zero-order valence-electron chi connectivity index (χ0n) is 14.2. The number of aliphatic hydroxyl groups is 1. The van der Waals surface area contributed by atoms with Gasteiger partial charge in [-0.05, 0) is 12.5 Å². The average Bonchev–Trinajstić information content (AvgIpc) is 2.78. The molecule has 3 atom stereocenters. The fourth-order valence-corrected chi connectivity index (χ4v) is 2.55. The largest absolute Gasteiger partial charge is 1.00 e. The van der Waals surface area contributed by atoms with Gasteiger partial charge in [0.1, 0.15) is 6.23 Å². The van der Waals surface area contributed by atoms with Crippen LogP contribution < -0.4 is 80.2 Å². The van der Waals surface area contributed by atoms with Crippen molar-refractivity contribution in [2.45, 2.75) is 31.4 Å². The summed E-state index contributed by atoms with van der Waals surface area (Å²) in [6, 6.07) is 0. The van der Waals surface area contributed by atoms with Gasteiger partial charge in [0, 0.05) is 23.1 Å². The number of phosphoric acid groups is 1. The first-order valence-electron chi connectivity index (χ1n) is 6.49. The van der Waals surface area contributed by atoms with E-state index in [4.69, 9.17) is 10.3 Å². The molecule has 1 fully saturated rings. The molecule has 1 aliphatic heterocycles. The summed E-state index contributed by atoms with van der Waals surface area (Å²) >= 11 is 0. The summed E-state index contributed by atoms with van der Waals surface area (Å²) in [6.45, 7) is 0.366. The van der Waals surface area contributed by atoms with Crippen molar-refractivity contribution in [3.8, 4) is 0 Å². The molecule has 2 heterocycles. The maximum Gasteiger partial charge on any atom is 1.00 e. The molecule has 0 spiro atoms. The number of aromatic amines is 1. The molecule has 26 heavy (non-hydrogen) atoms. The standard InChI is InChI=1S/C10H14N5O8P.2Na/c1-5-3-15(9(18)12-8(5)17)7-2-6(16)10(23-7,13-14-11)4-22-24(19,20)21;;/h3,6-7,16H,2,4H2,1H3,(H,12,17,18)(H2,19,20,21);;/q;2*+1/p-2/t6-,7+,10+;;/m0../s1. The van der Waals surface area contributed by atoms with Gasteiger partial charge in [-0.25, -0.2) is 4.79 Å². The summed E-state index contributed by atoms with van der Waals surface area (Å²) in [5, 5.41) is 13.2. The Morgan fingerprint density at radius 3 is 2.73 bits per heavy atom. The third-order valence-corrected chi connectivity index (χ3v) is 3.83. The molecule has 0 radical (unpaired) electrons. The minimum atomic E-state index is -5.42. The van der Waals surface area contributed by atoms with Crippen molar-refractivity contribution < 1.29 is 87.8 Å². The maximum absolute atomic E-state index is 11.8. The van der Waals surface area contributed by atoms with Crippen LogP contribution in [0.3, 0.4) is 0 Å². The molecule has 1 aromatic heterocycles. The number of nitrogens with zero attached hydrogens (tertiary/aromatic N) is 4. The number of H-pyrrole nitrogens is 1. The third-order valence-electron chi connectivity index (χ3n) is 3.39. The molecule has 0 aromatic carbocycles. The van der Waals surface area contributed by atoms with Gasteiger partial charge >= 0.3 is 64.8 Å². The molecule has 0 amide bonds. The van der Waals surface area contributed by atoms with Crippen LogP contribution in [0.5, 0.6) is 0 Å². The Morgan fingerprint density at radius 1 is 1.58 bits per heavy atom. The number of hydrogen-bond donors (Lipinski definition) is 2. The molecule has 16 heteroatoms. The third kappa shape index (κ3) is 6.01. The van der Waals surface area contributed by atoms with Crippen LogP contribution in [0, 0.1) is 6.92 Å². The van der Waals surface area contributed by atoms with Gasteiger partial charge < -0.3 is 28.7 Å². The summed E-state index contributed by atoms with van der Waals surface area (Å²) in [4.78, 5) is 48.9. The SMILES string of the molecule is Cc1cn([C@H]2C[C@H](O)[C@](COP(=O)([O-])[O-])(N=[N+]=[N-])O2)c(=O)[nH]c1=O.[Na+].[Na+]. The van der Waals surface area contributed by atoms with E-state index in [1.807, 2.05) is 4.98 Å². The molecule has 0 unspecified atom stereocenters. The second kappa shape index (κ2) is 9.99. The van der Waals surface area contributed by atoms with Crippen LogP contribution in [0.1, 0.15) is 18.2 Å². The summed E-state index contributed by atoms with van der Waals surface area (Å²) in [5.41, 5.74) is 5.10. The van der Waals surface area contributed by atoms with Crippen LogP contribution >= 0.6 is 7.82 Å². The van der Waals surface area contributed by atoms with E-state index in [9.17, 15) is 29.0 Å². The number of ether oxygens (including phenoxy) is 1. The predicted octanol–water partition coefficient (Wildman–Crippen LogP) is -8.02. The van der Waals surface area contributed by atoms with Crippen LogP contribution in [-0.2, 0) is 13.8 Å². The molecule has 0 aliphatic carbocycles. The molecular formula is C10H12N5Na2O8P. The first kappa shape index (κ1) is 26.0. The van der Waals surface area contributed by atoms with Crippen molar-refractivity contribution >= 4 is 7.82 Å². The molecule has 2 rings (SSSR count). The van der Waals surface area contributed by atoms with E-state index in [-0.39, 0.29) is 71.1 Å². The van der Waals surface area contributed by atoms with Crippen molar-refractivity contribution in [3.63, 3.8) is 0 Å². The normalized spacial score (nSPS) is 24.9. The maximum atomic E-state index is 11.8. The van der Waals surface area contributed by atoms with Gasteiger partial charge in [0.25, 0.3) is 5.56 Å². The zero-order valence-corrected chi connectivity index (χ0v) is 19.1. The topological polar surface area (TPSA) is 205 Å². The number of aliphatic hydroxyl groups excluding tert-OH is 1. The summed E-state index contributed by atoms with van der Waals surface area (Å²) in [7, 11) is -5.42. The monoisotopic (exact) mass is 407 g/mol. The molecule has 1 aliphatic rings. The van der Waals surface area contributed by atoms with E-state index in [0.717, 1.165) is 10.8 Å². The smallest absolute Gasteiger partial charge is 0.790 e. The van der Waals surface area contributed by atoms with Crippen molar-refractivity contribution in [2.24, 2.45) is 5.11 Å². The summed E-state index contributed by atoms with van der Waals surface area (Å²) in [5.74, 6) is 0. The molecule has 2 N–H and O–H groups in total. The molecule has 0 saturated carbocycles. The van der Waals surface area contributed by atoms with Gasteiger partial charge in [0.05, 0.1) is 20.5 Å². The van der Waals surface area contributed by atoms with Gasteiger partial charge in [-0.3, -0.25) is 14.3 Å². The van der Waals surface area contributed by atoms with Crippen molar-refractivity contribution in [2.75, 3.05) is 6.61 Å². The Bertz CT molecular complexity index is 849. The van der Waals surface area contributed by atoms with Gasteiger partial charge in [-0.1, -0.05) is 5.11 Å². The summed E-state index contributed by atoms with van der Waals surface area (Å²) < 4.78 is 20.9. The number of aryl methyl sites for hydroxylation is 1. The number of hydrogen-bond acceptors (Lipinski definition) is 9. The van der Waals surface area contributed by atoms with E-state index >= 15 is 0 Å². The van der Waals surface area contributed by atoms with Crippen LogP contribution in [0.4, 0.5) is 0 Å². The quantitative estimate of drug-likeness (QED) is 0.157. The first-order chi connectivity index (χ1) is 11.1. The molecule has 13 nitrogen and oxygen atoms in total. The first-order valence-corrected chi connectivity index (χ1v) is 7.95. The molecule has 1 saturated heterocycles. The Balaban J connectivity index is 0.00000312. The Labute approximate surface area is 190 Å². The van der Waals surface area contributed by atoms with Crippen LogP contribution in [0.15, 0.2) is 20.9 Å². The van der Waals surface area contributed by atoms with Gasteiger partial charge in [0.2, 0.25) is 0 Å². The number of phosphoric ester groups is 1. The number of nitrogens with one attached hydrogen (secondary N) is 1. The van der Waals surface area contributed by atoms with Crippen molar-refractivity contribution in [1.82, 2.24) is 9.55 Å². The minimum absolute atomic E-state index is 0. The molecule has 132 valence electrons. The average molecular weight is 407 g/mol. The molecule has 0 bridgehead atoms. The van der Waals surface area contributed by atoms with Gasteiger partial charge in [0.15, 0.2) is 5.72 Å². The van der Waals surface area contributed by atoms with Crippen molar-refractivity contribution in [3.05, 3.63) is 43.0 Å². The van der Waals surface area contributed by atoms with Crippen LogP contribution in [0.2, 0.25) is 0 Å². The number of rotatable bonds is 5. The van der Waals surface area contributed by atoms with Crippen molar-refractivity contribution in [1.29, 1.82) is 0 Å². The second-order valence-electron chi connectivity index (χ2n) is 5.06. The second-order valence-corrected chi connectivity index (χ2v) is 6.21. The minimum Gasteiger partial charge on any atom is -0.790 e.